The van der Waals surface area contributed by atoms with Crippen LogP contribution in [0.25, 0.3) is 28.1 Å². The van der Waals surface area contributed by atoms with Gasteiger partial charge in [0, 0.05) is 11.1 Å². The molecule has 0 amide bonds. The van der Waals surface area contributed by atoms with Gasteiger partial charge in [-0.2, -0.15) is 13.2 Å². The fourth-order valence-electron chi connectivity index (χ4n) is 5.58. The van der Waals surface area contributed by atoms with Gasteiger partial charge in [0.05, 0.1) is 11.6 Å². The van der Waals surface area contributed by atoms with Gasteiger partial charge in [-0.3, -0.25) is 0 Å². The summed E-state index contributed by atoms with van der Waals surface area (Å²) in [5, 5.41) is 0. The highest BCUT2D eigenvalue weighted by Gasteiger charge is 2.28. The Morgan fingerprint density at radius 3 is 1.90 bits per heavy atom. The topological polar surface area (TPSA) is 0 Å². The van der Waals surface area contributed by atoms with E-state index < -0.39 is 46.9 Å². The third kappa shape index (κ3) is 7.12. The summed E-state index contributed by atoms with van der Waals surface area (Å²) in [6.07, 6.45) is 3.20. The number of rotatable bonds is 8. The molecule has 4 rings (SSSR count). The Bertz CT molecular complexity index is 1340. The van der Waals surface area contributed by atoms with Crippen molar-refractivity contribution in [2.24, 2.45) is 5.92 Å². The van der Waals surface area contributed by atoms with E-state index in [2.05, 4.69) is 6.92 Å². The quantitative estimate of drug-likeness (QED) is 0.188. The fraction of sp³-hybridized carbons (Fsp3) is 0.375. The van der Waals surface area contributed by atoms with Crippen LogP contribution in [-0.4, -0.2) is 6.18 Å². The molecule has 0 bridgehead atoms. The minimum Gasteiger partial charge on any atom is -0.206 e. The Kier molecular flexibility index (Phi) is 9.37. The van der Waals surface area contributed by atoms with Crippen LogP contribution in [0.2, 0.25) is 0 Å². The monoisotopic (exact) mass is 566 g/mol. The molecular formula is C32H30F8. The first-order valence-corrected chi connectivity index (χ1v) is 13.5. The van der Waals surface area contributed by atoms with Crippen molar-refractivity contribution in [1.82, 2.24) is 0 Å². The highest BCUT2D eigenvalue weighted by Crippen LogP contribution is 2.39. The van der Waals surface area contributed by atoms with Gasteiger partial charge in [-0.1, -0.05) is 56.9 Å². The van der Waals surface area contributed by atoms with Crippen molar-refractivity contribution < 1.29 is 35.1 Å². The van der Waals surface area contributed by atoms with Crippen LogP contribution in [0, 0.1) is 29.2 Å². The number of alkyl halides is 3. The first-order valence-electron chi connectivity index (χ1n) is 13.5. The average molecular weight is 567 g/mol. The molecule has 0 atom stereocenters. The van der Waals surface area contributed by atoms with Crippen molar-refractivity contribution in [3.8, 4) is 22.3 Å². The fourth-order valence-corrected chi connectivity index (χ4v) is 5.58. The Morgan fingerprint density at radius 1 is 0.750 bits per heavy atom. The molecule has 1 aliphatic rings. The van der Waals surface area contributed by atoms with Gasteiger partial charge < -0.3 is 0 Å². The molecule has 8 heteroatoms. The van der Waals surface area contributed by atoms with Crippen molar-refractivity contribution in [2.45, 2.75) is 70.4 Å². The van der Waals surface area contributed by atoms with E-state index in [0.717, 1.165) is 43.2 Å². The van der Waals surface area contributed by atoms with E-state index in [1.165, 1.54) is 43.9 Å². The molecule has 0 aromatic heterocycles. The first-order chi connectivity index (χ1) is 19.0. The lowest BCUT2D eigenvalue weighted by Gasteiger charge is -2.29. The summed E-state index contributed by atoms with van der Waals surface area (Å²) in [5.74, 6) is -5.82. The summed E-state index contributed by atoms with van der Waals surface area (Å²) < 4.78 is 110. The molecule has 1 saturated carbocycles. The molecule has 3 aromatic carbocycles. The predicted octanol–water partition coefficient (Wildman–Crippen LogP) is 11.3. The van der Waals surface area contributed by atoms with Gasteiger partial charge >= 0.3 is 6.18 Å². The highest BCUT2D eigenvalue weighted by atomic mass is 19.4. The van der Waals surface area contributed by atoms with Gasteiger partial charge in [0.1, 0.15) is 29.1 Å². The first kappa shape index (κ1) is 29.8. The van der Waals surface area contributed by atoms with E-state index in [1.54, 1.807) is 6.07 Å². The van der Waals surface area contributed by atoms with E-state index in [0.29, 0.717) is 12.1 Å². The van der Waals surface area contributed by atoms with E-state index in [1.807, 2.05) is 6.07 Å². The number of hydrogen-bond acceptors (Lipinski definition) is 0. The zero-order valence-electron chi connectivity index (χ0n) is 22.0. The lowest BCUT2D eigenvalue weighted by Crippen LogP contribution is -2.13. The van der Waals surface area contributed by atoms with E-state index in [4.69, 9.17) is 0 Å². The number of allylic oxidation sites excluding steroid dienone is 1. The van der Waals surface area contributed by atoms with Crippen LogP contribution in [0.15, 0.2) is 54.6 Å². The zero-order valence-corrected chi connectivity index (χ0v) is 22.0. The summed E-state index contributed by atoms with van der Waals surface area (Å²) >= 11 is 0. The summed E-state index contributed by atoms with van der Waals surface area (Å²) in [7, 11) is 0. The van der Waals surface area contributed by atoms with E-state index in [-0.39, 0.29) is 28.2 Å². The standard InChI is InChI=1S/C32H30F8/c1-2-3-4-5-19-6-8-20(9-7-19)21-10-12-24(26(33)14-21)22-11-13-25(27(34)15-22)23-16-28(35)31(29(36)17-23)30(37)18-32(38,39)40/h10-20H,2-9H2,1H3. The second-order valence-electron chi connectivity index (χ2n) is 10.5. The molecule has 0 heterocycles. The van der Waals surface area contributed by atoms with Crippen LogP contribution in [0.1, 0.15) is 75.3 Å². The summed E-state index contributed by atoms with van der Waals surface area (Å²) in [6.45, 7) is 2.19. The maximum absolute atomic E-state index is 15.1. The van der Waals surface area contributed by atoms with Crippen LogP contribution >= 0.6 is 0 Å². The molecule has 0 unspecified atom stereocenters. The van der Waals surface area contributed by atoms with Gasteiger partial charge in [-0.05, 0) is 78.5 Å². The van der Waals surface area contributed by atoms with Crippen molar-refractivity contribution in [3.63, 3.8) is 0 Å². The molecular weight excluding hydrogens is 536 g/mol. The maximum atomic E-state index is 15.1. The molecule has 0 radical (unpaired) electrons. The van der Waals surface area contributed by atoms with Gasteiger partial charge in [-0.15, -0.1) is 0 Å². The Hall–Kier alpha value is -3.16. The van der Waals surface area contributed by atoms with Gasteiger partial charge in [0.15, 0.2) is 0 Å². The number of hydrogen-bond donors (Lipinski definition) is 0. The van der Waals surface area contributed by atoms with Crippen LogP contribution in [0.5, 0.6) is 0 Å². The lowest BCUT2D eigenvalue weighted by molar-refractivity contribution is -0.0798. The Labute approximate surface area is 228 Å². The number of unbranched alkanes of at least 4 members (excludes halogenated alkanes) is 2. The van der Waals surface area contributed by atoms with Crippen LogP contribution < -0.4 is 0 Å². The molecule has 0 N–H and O–H groups in total. The minimum atomic E-state index is -5.12. The van der Waals surface area contributed by atoms with Crippen molar-refractivity contribution in [3.05, 3.63) is 89.0 Å². The third-order valence-electron chi connectivity index (χ3n) is 7.69. The third-order valence-corrected chi connectivity index (χ3v) is 7.69. The van der Waals surface area contributed by atoms with Crippen LogP contribution in [0.3, 0.4) is 0 Å². The molecule has 0 saturated heterocycles. The second-order valence-corrected chi connectivity index (χ2v) is 10.5. The molecule has 3 aromatic rings. The minimum absolute atomic E-state index is 0.162. The second kappa shape index (κ2) is 12.6. The Morgan fingerprint density at radius 2 is 1.32 bits per heavy atom. The molecule has 1 fully saturated rings. The molecule has 214 valence electrons. The van der Waals surface area contributed by atoms with Crippen LogP contribution in [-0.2, 0) is 0 Å². The van der Waals surface area contributed by atoms with Crippen molar-refractivity contribution >= 4 is 5.83 Å². The SMILES string of the molecule is CCCCCC1CCC(c2ccc(-c3ccc(-c4cc(F)c(C(F)=CC(F)(F)F)c(F)c4)c(F)c3)c(F)c2)CC1. The maximum Gasteiger partial charge on any atom is 0.412 e. The van der Waals surface area contributed by atoms with Gasteiger partial charge in [-0.25, -0.2) is 22.0 Å². The van der Waals surface area contributed by atoms with Crippen LogP contribution in [0.4, 0.5) is 35.1 Å². The molecule has 0 nitrogen and oxygen atoms in total. The zero-order chi connectivity index (χ0) is 29.0. The summed E-state index contributed by atoms with van der Waals surface area (Å²) in [4.78, 5) is 0. The normalized spacial score (nSPS) is 18.3. The van der Waals surface area contributed by atoms with E-state index >= 15 is 8.78 Å². The smallest absolute Gasteiger partial charge is 0.206 e. The Balaban J connectivity index is 1.51. The average Bonchev–Trinajstić information content (AvgIpc) is 2.87. The largest absolute Gasteiger partial charge is 0.412 e. The molecule has 40 heavy (non-hydrogen) atoms. The number of benzene rings is 3. The van der Waals surface area contributed by atoms with Gasteiger partial charge in [0.25, 0.3) is 0 Å². The predicted molar refractivity (Wildman–Crippen MR) is 141 cm³/mol. The molecule has 1 aliphatic carbocycles. The molecule has 0 aliphatic heterocycles. The summed E-state index contributed by atoms with van der Waals surface area (Å²) in [6, 6.07) is 9.61. The van der Waals surface area contributed by atoms with Gasteiger partial charge in [0.2, 0.25) is 0 Å². The van der Waals surface area contributed by atoms with Crippen molar-refractivity contribution in [2.75, 3.05) is 0 Å². The molecule has 0 spiro atoms. The summed E-state index contributed by atoms with van der Waals surface area (Å²) in [5.41, 5.74) is -0.839. The number of halogens is 8. The lowest BCUT2D eigenvalue weighted by atomic mass is 9.77. The highest BCUT2D eigenvalue weighted by molar-refractivity contribution is 5.73. The van der Waals surface area contributed by atoms with E-state index in [9.17, 15) is 26.3 Å². The van der Waals surface area contributed by atoms with Crippen molar-refractivity contribution in [1.29, 1.82) is 0 Å².